The van der Waals surface area contributed by atoms with Crippen molar-refractivity contribution >= 4 is 10.0 Å². The zero-order valence-electron chi connectivity index (χ0n) is 10.8. The standard InChI is InChI=1S/C11H25NO3S/c1-5-11(4,7-8-13)12-16(14,15)9-6-10(2)3/h10,12-13H,5-9H2,1-4H3. The number of rotatable bonds is 8. The van der Waals surface area contributed by atoms with Crippen molar-refractivity contribution in [2.24, 2.45) is 5.92 Å². The average molecular weight is 251 g/mol. The Kier molecular flexibility index (Phi) is 6.51. The molecule has 0 aromatic rings. The first kappa shape index (κ1) is 15.9. The molecule has 0 spiro atoms. The van der Waals surface area contributed by atoms with Gasteiger partial charge in [-0.3, -0.25) is 0 Å². The lowest BCUT2D eigenvalue weighted by Gasteiger charge is -2.28. The number of sulfonamides is 1. The van der Waals surface area contributed by atoms with Gasteiger partial charge in [0.05, 0.1) is 5.75 Å². The highest BCUT2D eigenvalue weighted by molar-refractivity contribution is 7.89. The Morgan fingerprint density at radius 1 is 1.38 bits per heavy atom. The zero-order valence-corrected chi connectivity index (χ0v) is 11.6. The van der Waals surface area contributed by atoms with Crippen LogP contribution in [0.5, 0.6) is 0 Å². The van der Waals surface area contributed by atoms with Gasteiger partial charge in [-0.05, 0) is 32.1 Å². The lowest BCUT2D eigenvalue weighted by Crippen LogP contribution is -2.47. The summed E-state index contributed by atoms with van der Waals surface area (Å²) in [6.07, 6.45) is 1.78. The van der Waals surface area contributed by atoms with E-state index >= 15 is 0 Å². The van der Waals surface area contributed by atoms with Crippen LogP contribution >= 0.6 is 0 Å². The van der Waals surface area contributed by atoms with Crippen molar-refractivity contribution in [2.45, 2.75) is 52.5 Å². The Morgan fingerprint density at radius 2 is 1.94 bits per heavy atom. The summed E-state index contributed by atoms with van der Waals surface area (Å²) < 4.78 is 26.3. The van der Waals surface area contributed by atoms with Crippen LogP contribution < -0.4 is 4.72 Å². The molecule has 0 saturated carbocycles. The number of hydrogen-bond acceptors (Lipinski definition) is 3. The molecule has 0 rings (SSSR count). The molecule has 1 atom stereocenters. The highest BCUT2D eigenvalue weighted by Gasteiger charge is 2.27. The second kappa shape index (κ2) is 6.57. The van der Waals surface area contributed by atoms with Crippen LogP contribution in [0.15, 0.2) is 0 Å². The molecule has 0 amide bonds. The van der Waals surface area contributed by atoms with E-state index < -0.39 is 15.6 Å². The molecule has 0 saturated heterocycles. The van der Waals surface area contributed by atoms with Crippen LogP contribution in [0.2, 0.25) is 0 Å². The smallest absolute Gasteiger partial charge is 0.212 e. The largest absolute Gasteiger partial charge is 0.396 e. The van der Waals surface area contributed by atoms with Gasteiger partial charge in [0, 0.05) is 12.1 Å². The average Bonchev–Trinajstić information content (AvgIpc) is 2.15. The fraction of sp³-hybridized carbons (Fsp3) is 1.00. The van der Waals surface area contributed by atoms with Crippen LogP contribution in [0.4, 0.5) is 0 Å². The third-order valence-corrected chi connectivity index (χ3v) is 4.39. The quantitative estimate of drug-likeness (QED) is 0.687. The molecule has 2 N–H and O–H groups in total. The molecule has 98 valence electrons. The number of nitrogens with one attached hydrogen (secondary N) is 1. The lowest BCUT2D eigenvalue weighted by molar-refractivity contribution is 0.233. The summed E-state index contributed by atoms with van der Waals surface area (Å²) in [4.78, 5) is 0. The van der Waals surface area contributed by atoms with Gasteiger partial charge < -0.3 is 5.11 Å². The van der Waals surface area contributed by atoms with Gasteiger partial charge in [-0.2, -0.15) is 0 Å². The van der Waals surface area contributed by atoms with Crippen molar-refractivity contribution in [3.63, 3.8) is 0 Å². The van der Waals surface area contributed by atoms with Gasteiger partial charge in [0.15, 0.2) is 0 Å². The molecular formula is C11H25NO3S. The third kappa shape index (κ3) is 6.45. The molecule has 5 heteroatoms. The van der Waals surface area contributed by atoms with Crippen molar-refractivity contribution in [3.8, 4) is 0 Å². The van der Waals surface area contributed by atoms with E-state index in [9.17, 15) is 8.42 Å². The lowest BCUT2D eigenvalue weighted by atomic mass is 9.97. The third-order valence-electron chi connectivity index (χ3n) is 2.81. The normalized spacial score (nSPS) is 16.4. The summed E-state index contributed by atoms with van der Waals surface area (Å²) >= 11 is 0. The van der Waals surface area contributed by atoms with Crippen LogP contribution in [0.3, 0.4) is 0 Å². The van der Waals surface area contributed by atoms with Gasteiger partial charge in [0.1, 0.15) is 0 Å². The Morgan fingerprint density at radius 3 is 2.31 bits per heavy atom. The van der Waals surface area contributed by atoms with Crippen molar-refractivity contribution < 1.29 is 13.5 Å². The molecule has 1 unspecified atom stereocenters. The molecule has 0 bridgehead atoms. The summed E-state index contributed by atoms with van der Waals surface area (Å²) in [5, 5.41) is 8.91. The van der Waals surface area contributed by atoms with Crippen LogP contribution in [0, 0.1) is 5.92 Å². The first-order valence-corrected chi connectivity index (χ1v) is 7.52. The maximum atomic E-state index is 11.8. The van der Waals surface area contributed by atoms with Crippen LogP contribution in [0.25, 0.3) is 0 Å². The van der Waals surface area contributed by atoms with Crippen LogP contribution in [-0.4, -0.2) is 31.4 Å². The second-order valence-electron chi connectivity index (χ2n) is 4.99. The Labute approximate surface area is 99.5 Å². The van der Waals surface area contributed by atoms with E-state index in [2.05, 4.69) is 4.72 Å². The fourth-order valence-corrected chi connectivity index (χ4v) is 3.25. The predicted octanol–water partition coefficient (Wildman–Crippen LogP) is 1.50. The summed E-state index contributed by atoms with van der Waals surface area (Å²) in [7, 11) is -3.23. The summed E-state index contributed by atoms with van der Waals surface area (Å²) in [6.45, 7) is 7.75. The topological polar surface area (TPSA) is 66.4 Å². The highest BCUT2D eigenvalue weighted by atomic mass is 32.2. The van der Waals surface area contributed by atoms with E-state index in [1.165, 1.54) is 0 Å². The summed E-state index contributed by atoms with van der Waals surface area (Å²) in [5.74, 6) is 0.536. The molecule has 0 radical (unpaired) electrons. The van der Waals surface area contributed by atoms with E-state index in [0.29, 0.717) is 25.2 Å². The van der Waals surface area contributed by atoms with Crippen molar-refractivity contribution in [1.82, 2.24) is 4.72 Å². The van der Waals surface area contributed by atoms with Gasteiger partial charge in [-0.1, -0.05) is 20.8 Å². The second-order valence-corrected chi connectivity index (χ2v) is 6.83. The van der Waals surface area contributed by atoms with Crippen LogP contribution in [0.1, 0.15) is 47.0 Å². The minimum atomic E-state index is -3.23. The number of aliphatic hydroxyl groups excluding tert-OH is 1. The molecule has 0 aliphatic carbocycles. The highest BCUT2D eigenvalue weighted by Crippen LogP contribution is 2.16. The van der Waals surface area contributed by atoms with Crippen molar-refractivity contribution in [3.05, 3.63) is 0 Å². The van der Waals surface area contributed by atoms with Gasteiger partial charge in [-0.15, -0.1) is 0 Å². The van der Waals surface area contributed by atoms with E-state index in [4.69, 9.17) is 5.11 Å². The molecule has 16 heavy (non-hydrogen) atoms. The zero-order chi connectivity index (χ0) is 12.8. The Balaban J connectivity index is 4.43. The van der Waals surface area contributed by atoms with E-state index in [1.54, 1.807) is 0 Å². The van der Waals surface area contributed by atoms with Crippen LogP contribution in [-0.2, 0) is 10.0 Å². The van der Waals surface area contributed by atoms with Crippen molar-refractivity contribution in [2.75, 3.05) is 12.4 Å². The molecule has 0 aromatic carbocycles. The maximum absolute atomic E-state index is 11.8. The first-order chi connectivity index (χ1) is 7.24. The van der Waals surface area contributed by atoms with Crippen molar-refractivity contribution in [1.29, 1.82) is 0 Å². The van der Waals surface area contributed by atoms with Gasteiger partial charge in [-0.25, -0.2) is 13.1 Å². The van der Waals surface area contributed by atoms with Gasteiger partial charge >= 0.3 is 0 Å². The number of hydrogen-bond donors (Lipinski definition) is 2. The minimum absolute atomic E-state index is 0.00294. The number of aliphatic hydroxyl groups is 1. The first-order valence-electron chi connectivity index (χ1n) is 5.87. The summed E-state index contributed by atoms with van der Waals surface area (Å²) in [6, 6.07) is 0. The van der Waals surface area contributed by atoms with Gasteiger partial charge in [0.2, 0.25) is 10.0 Å². The monoisotopic (exact) mass is 251 g/mol. The molecule has 0 aliphatic rings. The Bertz CT molecular complexity index is 288. The van der Waals surface area contributed by atoms with E-state index in [0.717, 1.165) is 0 Å². The molecular weight excluding hydrogens is 226 g/mol. The van der Waals surface area contributed by atoms with Gasteiger partial charge in [0.25, 0.3) is 0 Å². The summed E-state index contributed by atoms with van der Waals surface area (Å²) in [5.41, 5.74) is -0.523. The maximum Gasteiger partial charge on any atom is 0.212 e. The van der Waals surface area contributed by atoms with E-state index in [1.807, 2.05) is 27.7 Å². The Hall–Kier alpha value is -0.130. The molecule has 0 aliphatic heterocycles. The molecule has 4 nitrogen and oxygen atoms in total. The molecule has 0 fully saturated rings. The molecule has 0 heterocycles. The molecule has 0 aromatic heterocycles. The predicted molar refractivity (Wildman–Crippen MR) is 66.8 cm³/mol. The fourth-order valence-electron chi connectivity index (χ4n) is 1.36. The minimum Gasteiger partial charge on any atom is -0.396 e. The SMILES string of the molecule is CCC(C)(CCO)NS(=O)(=O)CCC(C)C. The van der Waals surface area contributed by atoms with E-state index in [-0.39, 0.29) is 12.4 Å².